The molecule has 2 aromatic rings. The summed E-state index contributed by atoms with van der Waals surface area (Å²) in [6, 6.07) is 4.12. The van der Waals surface area contributed by atoms with Crippen molar-refractivity contribution in [3.8, 4) is 0 Å². The fourth-order valence-electron chi connectivity index (χ4n) is 3.06. The molecule has 2 aliphatic rings. The highest BCUT2D eigenvalue weighted by Crippen LogP contribution is 2.39. The second-order valence-electron chi connectivity index (χ2n) is 5.73. The number of aromatic nitrogens is 3. The van der Waals surface area contributed by atoms with Gasteiger partial charge in [-0.3, -0.25) is 4.79 Å². The Bertz CT molecular complexity index is 689. The van der Waals surface area contributed by atoms with Gasteiger partial charge in [-0.25, -0.2) is 0 Å². The van der Waals surface area contributed by atoms with Crippen molar-refractivity contribution in [2.45, 2.75) is 37.6 Å². The van der Waals surface area contributed by atoms with E-state index >= 15 is 0 Å². The van der Waals surface area contributed by atoms with Crippen LogP contribution in [0.5, 0.6) is 0 Å². The molecule has 5 nitrogen and oxygen atoms in total. The fraction of sp³-hybridized carbons (Fsp3) is 0.571. The zero-order chi connectivity index (χ0) is 13.0. The molecule has 0 spiro atoms. The van der Waals surface area contributed by atoms with E-state index in [1.165, 1.54) is 19.3 Å². The number of hydrogen-bond donors (Lipinski definition) is 1. The van der Waals surface area contributed by atoms with Gasteiger partial charge in [0.1, 0.15) is 5.65 Å². The lowest BCUT2D eigenvalue weighted by Gasteiger charge is -2.16. The number of nitrogens with one attached hydrogen (secondary N) is 1. The number of rotatable bonds is 2. The molecule has 1 saturated heterocycles. The van der Waals surface area contributed by atoms with Crippen LogP contribution in [0.2, 0.25) is 0 Å². The van der Waals surface area contributed by atoms with Crippen LogP contribution < -0.4 is 10.9 Å². The summed E-state index contributed by atoms with van der Waals surface area (Å²) >= 11 is 0. The topological polar surface area (TPSA) is 51.3 Å². The highest BCUT2D eigenvalue weighted by atomic mass is 16.1. The van der Waals surface area contributed by atoms with E-state index in [0.29, 0.717) is 12.0 Å². The Hall–Kier alpha value is -1.62. The largest absolute Gasteiger partial charge is 0.331 e. The van der Waals surface area contributed by atoms with Crippen LogP contribution in [0.15, 0.2) is 16.9 Å². The van der Waals surface area contributed by atoms with Gasteiger partial charge in [-0.1, -0.05) is 0 Å². The Balaban J connectivity index is 1.90. The van der Waals surface area contributed by atoms with E-state index in [0.717, 1.165) is 30.0 Å². The van der Waals surface area contributed by atoms with E-state index in [4.69, 9.17) is 0 Å². The second-order valence-corrected chi connectivity index (χ2v) is 5.73. The quantitative estimate of drug-likeness (QED) is 0.884. The van der Waals surface area contributed by atoms with Crippen LogP contribution in [-0.2, 0) is 7.05 Å². The predicted molar refractivity (Wildman–Crippen MR) is 72.4 cm³/mol. The van der Waals surface area contributed by atoms with E-state index in [2.05, 4.69) is 21.0 Å². The average Bonchev–Trinajstić information content (AvgIpc) is 2.94. The van der Waals surface area contributed by atoms with Crippen molar-refractivity contribution in [2.24, 2.45) is 7.05 Å². The van der Waals surface area contributed by atoms with Gasteiger partial charge in [0.2, 0.25) is 0 Å². The molecule has 1 aliphatic heterocycles. The second kappa shape index (κ2) is 3.93. The highest BCUT2D eigenvalue weighted by Gasteiger charge is 2.28. The molecule has 0 bridgehead atoms. The zero-order valence-electron chi connectivity index (χ0n) is 11.1. The predicted octanol–water partition coefficient (Wildman–Crippen LogP) is 1.33. The molecule has 2 aromatic heterocycles. The Kier molecular flexibility index (Phi) is 2.33. The Labute approximate surface area is 111 Å². The van der Waals surface area contributed by atoms with Gasteiger partial charge < -0.3 is 9.88 Å². The molecule has 1 atom stereocenters. The van der Waals surface area contributed by atoms with Crippen LogP contribution in [0.4, 0.5) is 0 Å². The summed E-state index contributed by atoms with van der Waals surface area (Å²) in [5, 5.41) is 7.92. The molecule has 100 valence electrons. The lowest BCUT2D eigenvalue weighted by molar-refractivity contribution is 0.589. The summed E-state index contributed by atoms with van der Waals surface area (Å²) in [6.45, 7) is 1.04. The summed E-state index contributed by atoms with van der Waals surface area (Å²) in [5.74, 6) is 0.576. The van der Waals surface area contributed by atoms with E-state index in [-0.39, 0.29) is 5.56 Å². The number of hydrogen-bond acceptors (Lipinski definition) is 3. The molecule has 0 radical (unpaired) electrons. The van der Waals surface area contributed by atoms with Gasteiger partial charge >= 0.3 is 0 Å². The lowest BCUT2D eigenvalue weighted by Crippen LogP contribution is -2.24. The maximum absolute atomic E-state index is 12.2. The number of fused-ring (bicyclic) bond motifs is 1. The first kappa shape index (κ1) is 11.2. The minimum absolute atomic E-state index is 0.0105. The zero-order valence-corrected chi connectivity index (χ0v) is 11.1. The van der Waals surface area contributed by atoms with Gasteiger partial charge in [-0.2, -0.15) is 9.61 Å². The Morgan fingerprint density at radius 2 is 2.16 bits per heavy atom. The van der Waals surface area contributed by atoms with Crippen molar-refractivity contribution < 1.29 is 0 Å². The summed E-state index contributed by atoms with van der Waals surface area (Å²) < 4.78 is 3.66. The van der Waals surface area contributed by atoms with E-state index in [1.54, 1.807) is 10.6 Å². The molecule has 1 N–H and O–H groups in total. The number of nitrogens with zero attached hydrogens (tertiary/aromatic N) is 3. The maximum Gasteiger partial charge on any atom is 0.274 e. The Morgan fingerprint density at radius 3 is 2.84 bits per heavy atom. The monoisotopic (exact) mass is 258 g/mol. The molecule has 4 rings (SSSR count). The molecule has 0 aromatic carbocycles. The van der Waals surface area contributed by atoms with Crippen LogP contribution in [-0.4, -0.2) is 20.7 Å². The molecule has 1 aliphatic carbocycles. The van der Waals surface area contributed by atoms with Crippen molar-refractivity contribution in [3.05, 3.63) is 33.9 Å². The molecule has 0 amide bonds. The molecule has 1 saturated carbocycles. The summed E-state index contributed by atoms with van der Waals surface area (Å²) in [4.78, 5) is 12.2. The standard InChI is InChI=1S/C14H18N4O/c1-17-12(10-3-2-6-15-10)8-14(19)18-13(17)7-11(16-18)9-4-5-9/h7-10,15H,2-6H2,1H3. The van der Waals surface area contributed by atoms with E-state index in [9.17, 15) is 4.79 Å². The first-order valence-electron chi connectivity index (χ1n) is 7.07. The molecule has 1 unspecified atom stereocenters. The summed E-state index contributed by atoms with van der Waals surface area (Å²) in [7, 11) is 2.03. The third-order valence-electron chi connectivity index (χ3n) is 4.33. The normalized spacial score (nSPS) is 23.3. The van der Waals surface area contributed by atoms with Gasteiger partial charge in [0.25, 0.3) is 5.56 Å². The van der Waals surface area contributed by atoms with Crippen LogP contribution in [0, 0.1) is 0 Å². The Morgan fingerprint density at radius 1 is 1.32 bits per heavy atom. The van der Waals surface area contributed by atoms with Crippen molar-refractivity contribution >= 4 is 5.65 Å². The first-order chi connectivity index (χ1) is 9.24. The molecule has 3 heterocycles. The van der Waals surface area contributed by atoms with Crippen LogP contribution >= 0.6 is 0 Å². The van der Waals surface area contributed by atoms with Crippen LogP contribution in [0.1, 0.15) is 49.0 Å². The first-order valence-corrected chi connectivity index (χ1v) is 7.07. The number of aryl methyl sites for hydroxylation is 1. The minimum atomic E-state index is -0.0105. The lowest BCUT2D eigenvalue weighted by atomic mass is 10.1. The summed E-state index contributed by atoms with van der Waals surface area (Å²) in [6.07, 6.45) is 4.70. The van der Waals surface area contributed by atoms with Gasteiger partial charge in [-0.05, 0) is 32.2 Å². The van der Waals surface area contributed by atoms with E-state index < -0.39 is 0 Å². The van der Waals surface area contributed by atoms with Crippen molar-refractivity contribution in [2.75, 3.05) is 6.54 Å². The molecule has 5 heteroatoms. The maximum atomic E-state index is 12.2. The minimum Gasteiger partial charge on any atom is -0.331 e. The SMILES string of the molecule is Cn1c(C2CCCN2)cc(=O)n2nc(C3CC3)cc12. The highest BCUT2D eigenvalue weighted by molar-refractivity contribution is 5.44. The van der Waals surface area contributed by atoms with Gasteiger partial charge in [0.15, 0.2) is 0 Å². The van der Waals surface area contributed by atoms with E-state index in [1.807, 2.05) is 7.05 Å². The third-order valence-corrected chi connectivity index (χ3v) is 4.33. The van der Waals surface area contributed by atoms with Crippen LogP contribution in [0.25, 0.3) is 5.65 Å². The fourth-order valence-corrected chi connectivity index (χ4v) is 3.06. The van der Waals surface area contributed by atoms with Crippen molar-refractivity contribution in [3.63, 3.8) is 0 Å². The average molecular weight is 258 g/mol. The van der Waals surface area contributed by atoms with Gasteiger partial charge in [0, 0.05) is 36.8 Å². The van der Waals surface area contributed by atoms with Gasteiger partial charge in [0.05, 0.1) is 5.69 Å². The van der Waals surface area contributed by atoms with Crippen LogP contribution in [0.3, 0.4) is 0 Å². The molecular formula is C14H18N4O. The smallest absolute Gasteiger partial charge is 0.274 e. The molecular weight excluding hydrogens is 240 g/mol. The molecule has 2 fully saturated rings. The van der Waals surface area contributed by atoms with Crippen molar-refractivity contribution in [1.82, 2.24) is 19.5 Å². The summed E-state index contributed by atoms with van der Waals surface area (Å²) in [5.41, 5.74) is 3.06. The third kappa shape index (κ3) is 1.72. The van der Waals surface area contributed by atoms with Crippen molar-refractivity contribution in [1.29, 1.82) is 0 Å². The molecule has 19 heavy (non-hydrogen) atoms. The van der Waals surface area contributed by atoms with Gasteiger partial charge in [-0.15, -0.1) is 0 Å².